The predicted octanol–water partition coefficient (Wildman–Crippen LogP) is 4.17. The van der Waals surface area contributed by atoms with Gasteiger partial charge in [-0.15, -0.1) is 10.2 Å². The number of anilines is 1. The second-order valence-corrected chi connectivity index (χ2v) is 7.32. The lowest BCUT2D eigenvalue weighted by molar-refractivity contribution is -0.383. The number of benzene rings is 2. The Balaban J connectivity index is 1.61. The summed E-state index contributed by atoms with van der Waals surface area (Å²) in [7, 11) is 0. The molecule has 0 aliphatic carbocycles. The minimum absolute atomic E-state index is 0.0234. The van der Waals surface area contributed by atoms with Gasteiger partial charge in [0.05, 0.1) is 15.7 Å². The minimum Gasteiger partial charge on any atom is -0.484 e. The van der Waals surface area contributed by atoms with Crippen molar-refractivity contribution in [1.82, 2.24) is 14.8 Å². The summed E-state index contributed by atoms with van der Waals surface area (Å²) >= 11 is 7.28. The van der Waals surface area contributed by atoms with Crippen LogP contribution in [0.4, 0.5) is 11.4 Å². The smallest absolute Gasteiger partial charge is 0.292 e. The van der Waals surface area contributed by atoms with Crippen molar-refractivity contribution in [2.75, 3.05) is 11.1 Å². The summed E-state index contributed by atoms with van der Waals surface area (Å²) in [6.07, 6.45) is 0. The normalized spacial score (nSPS) is 10.6. The Morgan fingerprint density at radius 1 is 1.23 bits per heavy atom. The van der Waals surface area contributed by atoms with Crippen LogP contribution in [-0.4, -0.2) is 31.3 Å². The maximum absolute atomic E-state index is 12.3. The number of halogens is 1. The van der Waals surface area contributed by atoms with Crippen LogP contribution >= 0.6 is 23.4 Å². The van der Waals surface area contributed by atoms with Gasteiger partial charge in [0.1, 0.15) is 18.0 Å². The summed E-state index contributed by atoms with van der Waals surface area (Å²) in [6.45, 7) is 2.69. The molecule has 0 bridgehead atoms. The van der Waals surface area contributed by atoms with Gasteiger partial charge in [-0.1, -0.05) is 47.6 Å². The molecule has 0 fully saturated rings. The zero-order chi connectivity index (χ0) is 21.5. The quantitative estimate of drug-likeness (QED) is 0.297. The lowest BCUT2D eigenvalue weighted by atomic mass is 10.2. The number of nitro benzene ring substituents is 1. The van der Waals surface area contributed by atoms with Gasteiger partial charge in [-0.05, 0) is 25.1 Å². The fraction of sp³-hybridized carbons (Fsp3) is 0.211. The minimum atomic E-state index is -0.540. The SMILES string of the molecule is CCn1c(COc2ccccc2Cl)nnc1SCC(=O)Nc1ccccc1[N+](=O)[O-]. The van der Waals surface area contributed by atoms with E-state index in [0.717, 1.165) is 0 Å². The van der Waals surface area contributed by atoms with Crippen LogP contribution in [0, 0.1) is 10.1 Å². The van der Waals surface area contributed by atoms with Crippen LogP contribution in [0.3, 0.4) is 0 Å². The Morgan fingerprint density at radius 3 is 2.70 bits per heavy atom. The second-order valence-electron chi connectivity index (χ2n) is 5.97. The summed E-state index contributed by atoms with van der Waals surface area (Å²) in [5, 5.41) is 22.9. The van der Waals surface area contributed by atoms with Crippen molar-refractivity contribution in [3.63, 3.8) is 0 Å². The third-order valence-corrected chi connectivity index (χ3v) is 5.29. The van der Waals surface area contributed by atoms with E-state index in [4.69, 9.17) is 16.3 Å². The van der Waals surface area contributed by atoms with Crippen molar-refractivity contribution in [3.8, 4) is 5.75 Å². The van der Waals surface area contributed by atoms with E-state index in [2.05, 4.69) is 15.5 Å². The highest BCUT2D eigenvalue weighted by atomic mass is 35.5. The van der Waals surface area contributed by atoms with Crippen LogP contribution in [-0.2, 0) is 17.9 Å². The number of nitro groups is 1. The average Bonchev–Trinajstić information content (AvgIpc) is 3.13. The summed E-state index contributed by atoms with van der Waals surface area (Å²) < 4.78 is 7.54. The number of carbonyl (C=O) groups is 1. The summed E-state index contributed by atoms with van der Waals surface area (Å²) in [4.78, 5) is 22.8. The molecule has 0 saturated carbocycles. The molecule has 1 heterocycles. The number of nitrogens with zero attached hydrogens (tertiary/aromatic N) is 4. The van der Waals surface area contributed by atoms with Crippen molar-refractivity contribution in [1.29, 1.82) is 0 Å². The highest BCUT2D eigenvalue weighted by Crippen LogP contribution is 2.26. The van der Waals surface area contributed by atoms with Gasteiger partial charge in [0.25, 0.3) is 5.69 Å². The molecule has 0 aliphatic rings. The Labute approximate surface area is 181 Å². The molecule has 0 spiro atoms. The van der Waals surface area contributed by atoms with Crippen molar-refractivity contribution >= 4 is 40.6 Å². The number of amides is 1. The Kier molecular flexibility index (Phi) is 7.26. The first-order valence-electron chi connectivity index (χ1n) is 8.95. The molecule has 0 radical (unpaired) electrons. The molecule has 1 N–H and O–H groups in total. The summed E-state index contributed by atoms with van der Waals surface area (Å²) in [5.41, 5.74) is -0.00882. The van der Waals surface area contributed by atoms with Gasteiger partial charge in [0, 0.05) is 12.6 Å². The van der Waals surface area contributed by atoms with Gasteiger partial charge < -0.3 is 14.6 Å². The number of hydrogen-bond acceptors (Lipinski definition) is 7. The summed E-state index contributed by atoms with van der Waals surface area (Å²) in [5.74, 6) is 0.783. The van der Waals surface area contributed by atoms with Gasteiger partial charge in [0.2, 0.25) is 5.91 Å². The third-order valence-electron chi connectivity index (χ3n) is 4.01. The van der Waals surface area contributed by atoms with Gasteiger partial charge in [-0.25, -0.2) is 0 Å². The summed E-state index contributed by atoms with van der Waals surface area (Å²) in [6, 6.07) is 13.1. The van der Waals surface area contributed by atoms with E-state index in [1.54, 1.807) is 24.3 Å². The van der Waals surface area contributed by atoms with Crippen LogP contribution in [0.25, 0.3) is 0 Å². The number of aromatic nitrogens is 3. The maximum Gasteiger partial charge on any atom is 0.292 e. The van der Waals surface area contributed by atoms with E-state index >= 15 is 0 Å². The van der Waals surface area contributed by atoms with Crippen molar-refractivity contribution in [2.45, 2.75) is 25.2 Å². The molecule has 3 aromatic rings. The van der Waals surface area contributed by atoms with E-state index in [9.17, 15) is 14.9 Å². The monoisotopic (exact) mass is 447 g/mol. The van der Waals surface area contributed by atoms with Crippen molar-refractivity contribution < 1.29 is 14.5 Å². The number of thioether (sulfide) groups is 1. The highest BCUT2D eigenvalue weighted by molar-refractivity contribution is 7.99. The molecule has 0 atom stereocenters. The van der Waals surface area contributed by atoms with Gasteiger partial charge >= 0.3 is 0 Å². The van der Waals surface area contributed by atoms with E-state index in [1.807, 2.05) is 23.6 Å². The van der Waals surface area contributed by atoms with Crippen LogP contribution in [0.15, 0.2) is 53.7 Å². The molecule has 2 aromatic carbocycles. The molecular weight excluding hydrogens is 430 g/mol. The molecule has 30 heavy (non-hydrogen) atoms. The number of rotatable bonds is 9. The zero-order valence-corrected chi connectivity index (χ0v) is 17.5. The molecule has 1 aromatic heterocycles. The second kappa shape index (κ2) is 10.1. The molecule has 0 aliphatic heterocycles. The predicted molar refractivity (Wildman–Crippen MR) is 114 cm³/mol. The van der Waals surface area contributed by atoms with E-state index in [1.165, 1.54) is 23.9 Å². The van der Waals surface area contributed by atoms with Crippen LogP contribution < -0.4 is 10.1 Å². The van der Waals surface area contributed by atoms with Crippen LogP contribution in [0.2, 0.25) is 5.02 Å². The van der Waals surface area contributed by atoms with E-state index in [0.29, 0.717) is 28.3 Å². The number of hydrogen-bond donors (Lipinski definition) is 1. The van der Waals surface area contributed by atoms with Crippen LogP contribution in [0.1, 0.15) is 12.7 Å². The Hall–Kier alpha value is -3.11. The largest absolute Gasteiger partial charge is 0.484 e. The van der Waals surface area contributed by atoms with E-state index in [-0.39, 0.29) is 29.6 Å². The van der Waals surface area contributed by atoms with Gasteiger partial charge in [-0.2, -0.15) is 0 Å². The molecule has 1 amide bonds. The molecule has 11 heteroatoms. The molecule has 9 nitrogen and oxygen atoms in total. The first-order chi connectivity index (χ1) is 14.5. The average molecular weight is 448 g/mol. The fourth-order valence-corrected chi connectivity index (χ4v) is 3.62. The van der Waals surface area contributed by atoms with Gasteiger partial charge in [-0.3, -0.25) is 14.9 Å². The number of ether oxygens (including phenoxy) is 1. The lowest BCUT2D eigenvalue weighted by Gasteiger charge is -2.10. The zero-order valence-electron chi connectivity index (χ0n) is 15.9. The first kappa shape index (κ1) is 21.6. The maximum atomic E-state index is 12.3. The molecular formula is C19H18ClN5O4S. The van der Waals surface area contributed by atoms with Gasteiger partial charge in [0.15, 0.2) is 11.0 Å². The number of nitrogens with one attached hydrogen (secondary N) is 1. The van der Waals surface area contributed by atoms with Crippen molar-refractivity contribution in [3.05, 3.63) is 69.5 Å². The van der Waals surface area contributed by atoms with E-state index < -0.39 is 4.92 Å². The molecule has 156 valence electrons. The highest BCUT2D eigenvalue weighted by Gasteiger charge is 2.17. The Morgan fingerprint density at radius 2 is 1.97 bits per heavy atom. The lowest BCUT2D eigenvalue weighted by Crippen LogP contribution is -2.15. The third kappa shape index (κ3) is 5.28. The number of carbonyl (C=O) groups excluding carboxylic acids is 1. The standard InChI is InChI=1S/C19H18ClN5O4S/c1-2-24-17(11-29-16-10-6-3-7-13(16)20)22-23-19(24)30-12-18(26)21-14-8-4-5-9-15(14)25(27)28/h3-10H,2,11-12H2,1H3,(H,21,26). The Bertz CT molecular complexity index is 1060. The number of para-hydroxylation sites is 3. The first-order valence-corrected chi connectivity index (χ1v) is 10.3. The van der Waals surface area contributed by atoms with Crippen molar-refractivity contribution in [2.24, 2.45) is 0 Å². The fourth-order valence-electron chi connectivity index (χ4n) is 2.61. The van der Waals surface area contributed by atoms with Crippen LogP contribution in [0.5, 0.6) is 5.75 Å². The molecule has 0 unspecified atom stereocenters. The topological polar surface area (TPSA) is 112 Å². The molecule has 0 saturated heterocycles. The molecule has 3 rings (SSSR count).